The lowest BCUT2D eigenvalue weighted by Crippen LogP contribution is -2.22. The summed E-state index contributed by atoms with van der Waals surface area (Å²) in [5.41, 5.74) is 4.50. The van der Waals surface area contributed by atoms with Gasteiger partial charge in [0.25, 0.3) is 5.56 Å². The Hall–Kier alpha value is -3.71. The van der Waals surface area contributed by atoms with Crippen molar-refractivity contribution in [2.75, 3.05) is 0 Å². The molecule has 5 rings (SSSR count). The van der Waals surface area contributed by atoms with Crippen LogP contribution in [0.25, 0.3) is 33.4 Å². The topological polar surface area (TPSA) is 84.8 Å². The molecule has 0 atom stereocenters. The average Bonchev–Trinajstić information content (AvgIpc) is 3.39. The van der Waals surface area contributed by atoms with Gasteiger partial charge in [-0.1, -0.05) is 29.5 Å². The number of carboxylic acids is 1. The predicted octanol–water partition coefficient (Wildman–Crippen LogP) is 4.03. The molecule has 0 unspecified atom stereocenters. The molecule has 5 aromatic rings. The van der Waals surface area contributed by atoms with Gasteiger partial charge in [-0.25, -0.2) is 14.2 Å². The van der Waals surface area contributed by atoms with Crippen LogP contribution in [0.1, 0.15) is 27.2 Å². The van der Waals surface area contributed by atoms with Crippen molar-refractivity contribution >= 4 is 39.4 Å². The van der Waals surface area contributed by atoms with E-state index in [1.54, 1.807) is 40.8 Å². The number of hydrogen-bond donors (Lipinski definition) is 1. The Labute approximate surface area is 174 Å². The summed E-state index contributed by atoms with van der Waals surface area (Å²) in [6.45, 7) is 3.99. The summed E-state index contributed by atoms with van der Waals surface area (Å²) in [5.74, 6) is 0.0599. The smallest absolute Gasteiger partial charge is 0.335 e. The number of fused-ring (bicyclic) bond motifs is 3. The molecule has 2 aromatic carbocycles. The zero-order valence-electron chi connectivity index (χ0n) is 16.2. The summed E-state index contributed by atoms with van der Waals surface area (Å²) in [6, 6.07) is 14.1. The van der Waals surface area contributed by atoms with Crippen LogP contribution in [0.15, 0.2) is 57.7 Å². The van der Waals surface area contributed by atoms with E-state index in [1.165, 1.54) is 17.4 Å². The second kappa shape index (κ2) is 6.67. The fourth-order valence-electron chi connectivity index (χ4n) is 3.63. The van der Waals surface area contributed by atoms with Crippen LogP contribution in [0.5, 0.6) is 0 Å². The van der Waals surface area contributed by atoms with Crippen molar-refractivity contribution in [1.82, 2.24) is 9.38 Å². The molecule has 0 saturated carbocycles. The first kappa shape index (κ1) is 18.3. The Bertz CT molecular complexity index is 1570. The van der Waals surface area contributed by atoms with Gasteiger partial charge in [-0.15, -0.1) is 0 Å². The van der Waals surface area contributed by atoms with E-state index in [-0.39, 0.29) is 11.1 Å². The molecule has 1 N–H and O–H groups in total. The first-order chi connectivity index (χ1) is 14.4. The maximum atomic E-state index is 13.0. The number of aryl methyl sites for hydroxylation is 2. The molecule has 7 heteroatoms. The third-order valence-corrected chi connectivity index (χ3v) is 5.94. The summed E-state index contributed by atoms with van der Waals surface area (Å²) in [6.07, 6.45) is 1.70. The number of aromatic nitrogens is 2. The molecule has 3 heterocycles. The molecule has 0 amide bonds. The van der Waals surface area contributed by atoms with E-state index in [1.807, 2.05) is 19.9 Å². The Balaban J connectivity index is 1.61. The monoisotopic (exact) mass is 416 g/mol. The number of furan rings is 1. The first-order valence-electron chi connectivity index (χ1n) is 9.28. The summed E-state index contributed by atoms with van der Waals surface area (Å²) in [5, 5.41) is 9.17. The summed E-state index contributed by atoms with van der Waals surface area (Å²) < 4.78 is 8.02. The molecule has 6 nitrogen and oxygen atoms in total. The number of aromatic carboxylic acids is 1. The molecule has 0 radical (unpaired) electrons. The number of benzene rings is 2. The van der Waals surface area contributed by atoms with Crippen LogP contribution in [0, 0.1) is 13.8 Å². The van der Waals surface area contributed by atoms with E-state index in [9.17, 15) is 9.59 Å². The van der Waals surface area contributed by atoms with E-state index in [0.29, 0.717) is 26.6 Å². The highest BCUT2D eigenvalue weighted by atomic mass is 32.1. The number of imidazole rings is 1. The van der Waals surface area contributed by atoms with Crippen molar-refractivity contribution in [3.8, 4) is 11.3 Å². The number of nitrogens with zero attached hydrogens (tertiary/aromatic N) is 2. The molecule has 30 heavy (non-hydrogen) atoms. The van der Waals surface area contributed by atoms with E-state index < -0.39 is 5.97 Å². The first-order valence-corrected chi connectivity index (χ1v) is 10.1. The van der Waals surface area contributed by atoms with Gasteiger partial charge in [0.1, 0.15) is 16.1 Å². The van der Waals surface area contributed by atoms with Gasteiger partial charge < -0.3 is 9.52 Å². The van der Waals surface area contributed by atoms with Crippen LogP contribution in [0.4, 0.5) is 0 Å². The molecule has 0 aliphatic heterocycles. The van der Waals surface area contributed by atoms with Gasteiger partial charge in [-0.3, -0.25) is 4.79 Å². The van der Waals surface area contributed by atoms with Gasteiger partial charge in [-0.05, 0) is 55.3 Å². The average molecular weight is 416 g/mol. The summed E-state index contributed by atoms with van der Waals surface area (Å²) >= 11 is 1.32. The Kier molecular flexibility index (Phi) is 4.08. The SMILES string of the molecule is Cc1cc(C)c2nc3s/c(=C\c4ccc(-c5cccc(C(=O)O)c5)o4)c(=O)n3c2c1. The van der Waals surface area contributed by atoms with Crippen LogP contribution in [0.3, 0.4) is 0 Å². The van der Waals surface area contributed by atoms with Crippen molar-refractivity contribution < 1.29 is 14.3 Å². The number of thiazole rings is 1. The van der Waals surface area contributed by atoms with Gasteiger partial charge in [-0.2, -0.15) is 0 Å². The second-order valence-corrected chi connectivity index (χ2v) is 8.19. The van der Waals surface area contributed by atoms with E-state index in [2.05, 4.69) is 11.1 Å². The zero-order chi connectivity index (χ0) is 21.0. The van der Waals surface area contributed by atoms with Gasteiger partial charge in [0.05, 0.1) is 16.6 Å². The largest absolute Gasteiger partial charge is 0.478 e. The number of carbonyl (C=O) groups is 1. The number of rotatable bonds is 3. The maximum absolute atomic E-state index is 13.0. The lowest BCUT2D eigenvalue weighted by atomic mass is 10.1. The van der Waals surface area contributed by atoms with Gasteiger partial charge in [0.2, 0.25) is 0 Å². The van der Waals surface area contributed by atoms with Crippen LogP contribution in [0.2, 0.25) is 0 Å². The molecule has 3 aromatic heterocycles. The fraction of sp³-hybridized carbons (Fsp3) is 0.0870. The van der Waals surface area contributed by atoms with Gasteiger partial charge >= 0.3 is 5.97 Å². The molecular formula is C23H16N2O4S. The van der Waals surface area contributed by atoms with E-state index >= 15 is 0 Å². The Morgan fingerprint density at radius 2 is 2.00 bits per heavy atom. The lowest BCUT2D eigenvalue weighted by molar-refractivity contribution is 0.0697. The lowest BCUT2D eigenvalue weighted by Gasteiger charge is -1.98. The molecule has 0 spiro atoms. The highest BCUT2D eigenvalue weighted by molar-refractivity contribution is 7.15. The predicted molar refractivity (Wildman–Crippen MR) is 116 cm³/mol. The standard InChI is InChI=1S/C23H16N2O4S/c1-12-8-13(2)20-17(9-12)25-21(26)19(30-23(25)24-20)11-16-6-7-18(29-16)14-4-3-5-15(10-14)22(27)28/h3-11H,1-2H3,(H,27,28)/b19-11-. The van der Waals surface area contributed by atoms with Crippen molar-refractivity contribution in [2.24, 2.45) is 0 Å². The molecular weight excluding hydrogens is 400 g/mol. The molecule has 0 saturated heterocycles. The Morgan fingerprint density at radius 1 is 1.17 bits per heavy atom. The molecule has 148 valence electrons. The van der Waals surface area contributed by atoms with Gasteiger partial charge in [0, 0.05) is 11.6 Å². The third-order valence-electron chi connectivity index (χ3n) is 4.97. The number of carboxylic acid groups (broad SMARTS) is 1. The summed E-state index contributed by atoms with van der Waals surface area (Å²) in [7, 11) is 0. The third kappa shape index (κ3) is 2.91. The van der Waals surface area contributed by atoms with Gasteiger partial charge in [0.15, 0.2) is 4.96 Å². The minimum Gasteiger partial charge on any atom is -0.478 e. The van der Waals surface area contributed by atoms with Crippen LogP contribution in [-0.4, -0.2) is 20.5 Å². The van der Waals surface area contributed by atoms with Crippen molar-refractivity contribution in [2.45, 2.75) is 13.8 Å². The number of hydrogen-bond acceptors (Lipinski definition) is 5. The van der Waals surface area contributed by atoms with Crippen LogP contribution < -0.4 is 10.1 Å². The maximum Gasteiger partial charge on any atom is 0.335 e. The second-order valence-electron chi connectivity index (χ2n) is 7.18. The minimum absolute atomic E-state index is 0.131. The minimum atomic E-state index is -0.995. The summed E-state index contributed by atoms with van der Waals surface area (Å²) in [4.78, 5) is 29.5. The van der Waals surface area contributed by atoms with Crippen LogP contribution in [-0.2, 0) is 0 Å². The zero-order valence-corrected chi connectivity index (χ0v) is 17.0. The molecule has 0 fully saturated rings. The highest BCUT2D eigenvalue weighted by Crippen LogP contribution is 2.24. The van der Waals surface area contributed by atoms with Crippen LogP contribution >= 0.6 is 11.3 Å². The van der Waals surface area contributed by atoms with E-state index in [4.69, 9.17) is 9.52 Å². The fourth-order valence-corrected chi connectivity index (χ4v) is 4.59. The van der Waals surface area contributed by atoms with E-state index in [0.717, 1.165) is 22.2 Å². The molecule has 0 bridgehead atoms. The Morgan fingerprint density at radius 3 is 2.80 bits per heavy atom. The molecule has 0 aliphatic carbocycles. The highest BCUT2D eigenvalue weighted by Gasteiger charge is 2.14. The van der Waals surface area contributed by atoms with Crippen molar-refractivity contribution in [3.63, 3.8) is 0 Å². The van der Waals surface area contributed by atoms with Crippen molar-refractivity contribution in [3.05, 3.63) is 85.9 Å². The molecule has 0 aliphatic rings. The normalized spacial score (nSPS) is 12.3. The van der Waals surface area contributed by atoms with Crippen molar-refractivity contribution in [1.29, 1.82) is 0 Å². The quantitative estimate of drug-likeness (QED) is 0.480.